The summed E-state index contributed by atoms with van der Waals surface area (Å²) in [6, 6.07) is 8.42. The molecular formula is C12H18BrNO. The molecule has 0 unspecified atom stereocenters. The maximum Gasteiger partial charge on any atom is 0.0642 e. The quantitative estimate of drug-likeness (QED) is 0.777. The molecule has 1 aliphatic heterocycles. The van der Waals surface area contributed by atoms with Crippen LogP contribution < -0.4 is 4.90 Å². The summed E-state index contributed by atoms with van der Waals surface area (Å²) in [5.74, 6) is 0. The third-order valence-electron chi connectivity index (χ3n) is 2.20. The Balaban J connectivity index is 0.000000531. The summed E-state index contributed by atoms with van der Waals surface area (Å²) < 4.78 is 6.42. The van der Waals surface area contributed by atoms with E-state index in [9.17, 15) is 0 Å². The van der Waals surface area contributed by atoms with Crippen molar-refractivity contribution in [1.29, 1.82) is 0 Å². The SMILES string of the molecule is Brc1ccc(N2CCOCC2)cc1.CC. The molecule has 1 saturated heterocycles. The van der Waals surface area contributed by atoms with Crippen molar-refractivity contribution in [2.24, 2.45) is 0 Å². The van der Waals surface area contributed by atoms with E-state index in [-0.39, 0.29) is 0 Å². The molecular weight excluding hydrogens is 254 g/mol. The zero-order valence-corrected chi connectivity index (χ0v) is 11.0. The third kappa shape index (κ3) is 3.84. The van der Waals surface area contributed by atoms with Crippen LogP contribution in [0.2, 0.25) is 0 Å². The first-order valence-corrected chi connectivity index (χ1v) is 6.24. The number of rotatable bonds is 1. The van der Waals surface area contributed by atoms with Crippen LogP contribution in [0.3, 0.4) is 0 Å². The highest BCUT2D eigenvalue weighted by molar-refractivity contribution is 9.10. The zero-order valence-electron chi connectivity index (χ0n) is 9.37. The lowest BCUT2D eigenvalue weighted by Crippen LogP contribution is -2.36. The second-order valence-electron chi connectivity index (χ2n) is 3.08. The van der Waals surface area contributed by atoms with Gasteiger partial charge in [-0.25, -0.2) is 0 Å². The predicted molar refractivity (Wildman–Crippen MR) is 68.5 cm³/mol. The average molecular weight is 272 g/mol. The molecule has 2 rings (SSSR count). The van der Waals surface area contributed by atoms with Gasteiger partial charge in [-0.2, -0.15) is 0 Å². The van der Waals surface area contributed by atoms with Gasteiger partial charge in [0.15, 0.2) is 0 Å². The van der Waals surface area contributed by atoms with Crippen LogP contribution in [0.25, 0.3) is 0 Å². The third-order valence-corrected chi connectivity index (χ3v) is 2.73. The molecule has 1 aliphatic rings. The van der Waals surface area contributed by atoms with Gasteiger partial charge in [0.25, 0.3) is 0 Å². The smallest absolute Gasteiger partial charge is 0.0642 e. The van der Waals surface area contributed by atoms with Crippen LogP contribution in [0.5, 0.6) is 0 Å². The highest BCUT2D eigenvalue weighted by atomic mass is 79.9. The number of nitrogens with zero attached hydrogens (tertiary/aromatic N) is 1. The zero-order chi connectivity index (χ0) is 11.1. The lowest BCUT2D eigenvalue weighted by molar-refractivity contribution is 0.122. The lowest BCUT2D eigenvalue weighted by atomic mass is 10.3. The van der Waals surface area contributed by atoms with Crippen molar-refractivity contribution in [2.45, 2.75) is 13.8 Å². The maximum absolute atomic E-state index is 5.29. The Hall–Kier alpha value is -0.540. The molecule has 0 atom stereocenters. The molecule has 0 bridgehead atoms. The summed E-state index contributed by atoms with van der Waals surface area (Å²) in [6.45, 7) is 7.69. The van der Waals surface area contributed by atoms with Crippen molar-refractivity contribution < 1.29 is 4.74 Å². The van der Waals surface area contributed by atoms with E-state index in [2.05, 4.69) is 45.1 Å². The van der Waals surface area contributed by atoms with Gasteiger partial charge in [0.2, 0.25) is 0 Å². The molecule has 84 valence electrons. The van der Waals surface area contributed by atoms with Crippen LogP contribution in [0.1, 0.15) is 13.8 Å². The molecule has 0 N–H and O–H groups in total. The topological polar surface area (TPSA) is 12.5 Å². The first-order valence-electron chi connectivity index (χ1n) is 5.44. The van der Waals surface area contributed by atoms with E-state index in [1.165, 1.54) is 5.69 Å². The molecule has 1 heterocycles. The summed E-state index contributed by atoms with van der Waals surface area (Å²) in [4.78, 5) is 2.34. The van der Waals surface area contributed by atoms with Crippen LogP contribution >= 0.6 is 15.9 Å². The largest absolute Gasteiger partial charge is 0.378 e. The fourth-order valence-electron chi connectivity index (χ4n) is 1.47. The fraction of sp³-hybridized carbons (Fsp3) is 0.500. The van der Waals surface area contributed by atoms with Crippen molar-refractivity contribution in [3.8, 4) is 0 Å². The van der Waals surface area contributed by atoms with Crippen LogP contribution in [0.15, 0.2) is 28.7 Å². The summed E-state index contributed by atoms with van der Waals surface area (Å²) in [5, 5.41) is 0. The Morgan fingerprint density at radius 3 is 2.13 bits per heavy atom. The molecule has 0 radical (unpaired) electrons. The highest BCUT2D eigenvalue weighted by Crippen LogP contribution is 2.18. The summed E-state index contributed by atoms with van der Waals surface area (Å²) in [5.41, 5.74) is 1.28. The number of morpholine rings is 1. The molecule has 1 fully saturated rings. The first kappa shape index (κ1) is 12.5. The molecule has 0 spiro atoms. The van der Waals surface area contributed by atoms with Crippen molar-refractivity contribution in [2.75, 3.05) is 31.2 Å². The number of benzene rings is 1. The predicted octanol–water partition coefficient (Wildman–Crippen LogP) is 3.31. The van der Waals surface area contributed by atoms with Crippen molar-refractivity contribution in [3.05, 3.63) is 28.7 Å². The molecule has 0 amide bonds. The van der Waals surface area contributed by atoms with Crippen LogP contribution in [-0.2, 0) is 4.74 Å². The average Bonchev–Trinajstić information content (AvgIpc) is 2.34. The number of hydrogen-bond acceptors (Lipinski definition) is 2. The molecule has 0 aromatic heterocycles. The summed E-state index contributed by atoms with van der Waals surface area (Å²) in [6.07, 6.45) is 0. The molecule has 1 aromatic carbocycles. The first-order chi connectivity index (χ1) is 7.36. The van der Waals surface area contributed by atoms with Crippen molar-refractivity contribution in [3.63, 3.8) is 0 Å². The minimum atomic E-state index is 0.843. The number of hydrogen-bond donors (Lipinski definition) is 0. The Kier molecular flexibility index (Phi) is 5.73. The normalized spacial score (nSPS) is 15.5. The highest BCUT2D eigenvalue weighted by Gasteiger charge is 2.09. The standard InChI is InChI=1S/C10H12BrNO.C2H6/c11-9-1-3-10(4-2-9)12-5-7-13-8-6-12;1-2/h1-4H,5-8H2;1-2H3. The minimum Gasteiger partial charge on any atom is -0.378 e. The van der Waals surface area contributed by atoms with Crippen LogP contribution in [-0.4, -0.2) is 26.3 Å². The van der Waals surface area contributed by atoms with E-state index in [4.69, 9.17) is 4.74 Å². The molecule has 15 heavy (non-hydrogen) atoms. The number of halogens is 1. The van der Waals surface area contributed by atoms with Gasteiger partial charge in [0.05, 0.1) is 13.2 Å². The second kappa shape index (κ2) is 6.85. The van der Waals surface area contributed by atoms with E-state index >= 15 is 0 Å². The van der Waals surface area contributed by atoms with Gasteiger partial charge >= 0.3 is 0 Å². The monoisotopic (exact) mass is 271 g/mol. The summed E-state index contributed by atoms with van der Waals surface area (Å²) in [7, 11) is 0. The van der Waals surface area contributed by atoms with Gasteiger partial charge in [0, 0.05) is 23.2 Å². The Bertz CT molecular complexity index is 267. The summed E-state index contributed by atoms with van der Waals surface area (Å²) >= 11 is 3.43. The Morgan fingerprint density at radius 1 is 1.07 bits per heavy atom. The lowest BCUT2D eigenvalue weighted by Gasteiger charge is -2.28. The van der Waals surface area contributed by atoms with Gasteiger partial charge < -0.3 is 9.64 Å². The fourth-order valence-corrected chi connectivity index (χ4v) is 1.74. The maximum atomic E-state index is 5.29. The van der Waals surface area contributed by atoms with Gasteiger partial charge in [-0.3, -0.25) is 0 Å². The molecule has 3 heteroatoms. The van der Waals surface area contributed by atoms with E-state index in [1.807, 2.05) is 13.8 Å². The van der Waals surface area contributed by atoms with E-state index < -0.39 is 0 Å². The number of ether oxygens (including phenoxy) is 1. The van der Waals surface area contributed by atoms with Gasteiger partial charge in [0.1, 0.15) is 0 Å². The van der Waals surface area contributed by atoms with Crippen LogP contribution in [0.4, 0.5) is 5.69 Å². The van der Waals surface area contributed by atoms with E-state index in [0.717, 1.165) is 30.8 Å². The number of anilines is 1. The van der Waals surface area contributed by atoms with Crippen molar-refractivity contribution >= 4 is 21.6 Å². The van der Waals surface area contributed by atoms with Gasteiger partial charge in [-0.15, -0.1) is 0 Å². The van der Waals surface area contributed by atoms with Gasteiger partial charge in [-0.1, -0.05) is 29.8 Å². The Morgan fingerprint density at radius 2 is 1.60 bits per heavy atom. The molecule has 2 nitrogen and oxygen atoms in total. The minimum absolute atomic E-state index is 0.843. The molecule has 0 saturated carbocycles. The Labute approximate surface area is 100 Å². The second-order valence-corrected chi connectivity index (χ2v) is 3.99. The molecule has 0 aliphatic carbocycles. The van der Waals surface area contributed by atoms with Crippen LogP contribution in [0, 0.1) is 0 Å². The van der Waals surface area contributed by atoms with Gasteiger partial charge in [-0.05, 0) is 24.3 Å². The molecule has 1 aromatic rings. The van der Waals surface area contributed by atoms with E-state index in [1.54, 1.807) is 0 Å². The van der Waals surface area contributed by atoms with Crippen molar-refractivity contribution in [1.82, 2.24) is 0 Å². The van der Waals surface area contributed by atoms with E-state index in [0.29, 0.717) is 0 Å².